The summed E-state index contributed by atoms with van der Waals surface area (Å²) in [5.41, 5.74) is 0. The van der Waals surface area contributed by atoms with E-state index in [1.165, 1.54) is 4.90 Å². The molecule has 4 nitrogen and oxygen atoms in total. The number of hydrogen-bond donors (Lipinski definition) is 0. The van der Waals surface area contributed by atoms with Crippen LogP contribution in [-0.2, 0) is 9.53 Å². The first kappa shape index (κ1) is 6.64. The fraction of sp³-hybridized carbons (Fsp3) is 0.714. The van der Waals surface area contributed by atoms with Gasteiger partial charge in [-0.3, -0.25) is 9.69 Å². The maximum atomic E-state index is 11.0. The highest BCUT2D eigenvalue weighted by molar-refractivity contribution is 5.89. The third-order valence-electron chi connectivity index (χ3n) is 1.93. The van der Waals surface area contributed by atoms with Crippen LogP contribution in [0.3, 0.4) is 0 Å². The van der Waals surface area contributed by atoms with Crippen LogP contribution >= 0.6 is 0 Å². The Morgan fingerprint density at radius 2 is 2.09 bits per heavy atom. The Bertz CT molecular complexity index is 210. The molecule has 0 aromatic rings. The van der Waals surface area contributed by atoms with E-state index < -0.39 is 0 Å². The molecule has 1 aliphatic carbocycles. The van der Waals surface area contributed by atoms with Crippen molar-refractivity contribution in [2.45, 2.75) is 18.9 Å². The second-order valence-electron chi connectivity index (χ2n) is 2.95. The zero-order valence-electron chi connectivity index (χ0n) is 6.08. The van der Waals surface area contributed by atoms with E-state index >= 15 is 0 Å². The van der Waals surface area contributed by atoms with Gasteiger partial charge in [0.2, 0.25) is 0 Å². The standard InChI is InChI=1S/C7H9NO3/c9-6-3-8(5-1-2-5)7(10)11-4-6/h5H,1-4H2. The van der Waals surface area contributed by atoms with Crippen LogP contribution in [0.1, 0.15) is 12.8 Å². The van der Waals surface area contributed by atoms with Crippen molar-refractivity contribution in [1.82, 2.24) is 4.90 Å². The highest BCUT2D eigenvalue weighted by Gasteiger charge is 2.37. The smallest absolute Gasteiger partial charge is 0.410 e. The van der Waals surface area contributed by atoms with Gasteiger partial charge in [-0.2, -0.15) is 0 Å². The number of ketones is 1. The molecule has 0 bridgehead atoms. The largest absolute Gasteiger partial charge is 0.441 e. The molecule has 2 fully saturated rings. The molecule has 1 saturated carbocycles. The minimum atomic E-state index is -0.327. The lowest BCUT2D eigenvalue weighted by atomic mass is 10.3. The average Bonchev–Trinajstić information content (AvgIpc) is 2.76. The number of carbonyl (C=O) groups excluding carboxylic acids is 2. The molecule has 4 heteroatoms. The summed E-state index contributed by atoms with van der Waals surface area (Å²) in [6.45, 7) is 0.214. The predicted octanol–water partition coefficient (Wildman–Crippen LogP) is 0.170. The van der Waals surface area contributed by atoms with Crippen LogP contribution in [0.2, 0.25) is 0 Å². The van der Waals surface area contributed by atoms with Crippen molar-refractivity contribution in [2.24, 2.45) is 0 Å². The van der Waals surface area contributed by atoms with Crippen molar-refractivity contribution in [2.75, 3.05) is 13.2 Å². The number of carbonyl (C=O) groups is 2. The maximum absolute atomic E-state index is 11.0. The molecule has 0 aromatic carbocycles. The number of amides is 1. The van der Waals surface area contributed by atoms with Crippen LogP contribution in [0.25, 0.3) is 0 Å². The molecule has 1 amide bonds. The lowest BCUT2D eigenvalue weighted by molar-refractivity contribution is -0.126. The van der Waals surface area contributed by atoms with E-state index in [0.29, 0.717) is 0 Å². The molecule has 2 rings (SSSR count). The van der Waals surface area contributed by atoms with E-state index in [2.05, 4.69) is 4.74 Å². The molecule has 0 radical (unpaired) electrons. The van der Waals surface area contributed by atoms with Crippen molar-refractivity contribution in [3.63, 3.8) is 0 Å². The second kappa shape index (κ2) is 2.22. The van der Waals surface area contributed by atoms with Gasteiger partial charge in [-0.1, -0.05) is 0 Å². The van der Waals surface area contributed by atoms with Crippen molar-refractivity contribution < 1.29 is 14.3 Å². The highest BCUT2D eigenvalue weighted by Crippen LogP contribution is 2.28. The van der Waals surface area contributed by atoms with Crippen LogP contribution in [0.4, 0.5) is 4.79 Å². The molecule has 1 heterocycles. The molecule has 11 heavy (non-hydrogen) atoms. The SMILES string of the molecule is O=C1COC(=O)N(C2CC2)C1. The summed E-state index contributed by atoms with van der Waals surface area (Å²) < 4.78 is 4.64. The van der Waals surface area contributed by atoms with Crippen molar-refractivity contribution >= 4 is 11.9 Å². The van der Waals surface area contributed by atoms with Crippen molar-refractivity contribution in [3.05, 3.63) is 0 Å². The van der Waals surface area contributed by atoms with Gasteiger partial charge in [0.15, 0.2) is 12.4 Å². The molecule has 0 aromatic heterocycles. The normalized spacial score (nSPS) is 25.3. The van der Waals surface area contributed by atoms with Gasteiger partial charge in [-0.05, 0) is 12.8 Å². The van der Waals surface area contributed by atoms with E-state index in [1.807, 2.05) is 0 Å². The zero-order chi connectivity index (χ0) is 7.84. The topological polar surface area (TPSA) is 46.6 Å². The van der Waals surface area contributed by atoms with Crippen molar-refractivity contribution in [3.8, 4) is 0 Å². The van der Waals surface area contributed by atoms with Gasteiger partial charge in [0, 0.05) is 6.04 Å². The van der Waals surface area contributed by atoms with E-state index in [9.17, 15) is 9.59 Å². The lowest BCUT2D eigenvalue weighted by Gasteiger charge is -2.24. The third kappa shape index (κ3) is 1.20. The van der Waals surface area contributed by atoms with E-state index in [4.69, 9.17) is 0 Å². The summed E-state index contributed by atoms with van der Waals surface area (Å²) in [6, 6.07) is 0.284. The third-order valence-corrected chi connectivity index (χ3v) is 1.93. The predicted molar refractivity (Wildman–Crippen MR) is 36.1 cm³/mol. The van der Waals surface area contributed by atoms with Gasteiger partial charge in [0.05, 0.1) is 6.54 Å². The molecule has 0 atom stereocenters. The number of cyclic esters (lactones) is 1. The van der Waals surface area contributed by atoms with Gasteiger partial charge in [-0.25, -0.2) is 4.79 Å². The molecule has 60 valence electrons. The monoisotopic (exact) mass is 155 g/mol. The number of nitrogens with zero attached hydrogens (tertiary/aromatic N) is 1. The number of ether oxygens (including phenoxy) is 1. The molecule has 0 spiro atoms. The average molecular weight is 155 g/mol. The van der Waals surface area contributed by atoms with E-state index in [1.54, 1.807) is 0 Å². The fourth-order valence-corrected chi connectivity index (χ4v) is 1.19. The van der Waals surface area contributed by atoms with Gasteiger partial charge < -0.3 is 4.74 Å². The summed E-state index contributed by atoms with van der Waals surface area (Å²) in [4.78, 5) is 23.3. The number of rotatable bonds is 1. The quantitative estimate of drug-likeness (QED) is 0.542. The van der Waals surface area contributed by atoms with Crippen LogP contribution in [-0.4, -0.2) is 36.0 Å². The summed E-state index contributed by atoms with van der Waals surface area (Å²) in [7, 11) is 0. The first-order valence-electron chi connectivity index (χ1n) is 3.72. The van der Waals surface area contributed by atoms with Crippen LogP contribution < -0.4 is 0 Å². The maximum Gasteiger partial charge on any atom is 0.410 e. The van der Waals surface area contributed by atoms with E-state index in [-0.39, 0.29) is 31.1 Å². The minimum Gasteiger partial charge on any atom is -0.441 e. The molecule has 0 unspecified atom stereocenters. The Hall–Kier alpha value is -1.06. The molecule has 1 saturated heterocycles. The number of Topliss-reactive ketones (excluding diaryl/α,β-unsaturated/α-hetero) is 1. The molecular formula is C7H9NO3. The van der Waals surface area contributed by atoms with Crippen LogP contribution in [0.5, 0.6) is 0 Å². The van der Waals surface area contributed by atoms with E-state index in [0.717, 1.165) is 12.8 Å². The minimum absolute atomic E-state index is 0.00324. The van der Waals surface area contributed by atoms with Gasteiger partial charge >= 0.3 is 6.09 Å². The Labute approximate surface area is 64.1 Å². The fourth-order valence-electron chi connectivity index (χ4n) is 1.19. The van der Waals surface area contributed by atoms with Crippen LogP contribution in [0, 0.1) is 0 Å². The Morgan fingerprint density at radius 3 is 2.73 bits per heavy atom. The molecule has 1 aliphatic heterocycles. The molecule has 2 aliphatic rings. The highest BCUT2D eigenvalue weighted by atomic mass is 16.6. The van der Waals surface area contributed by atoms with Gasteiger partial charge in [0.25, 0.3) is 0 Å². The summed E-state index contributed by atoms with van der Waals surface area (Å²) in [5, 5.41) is 0. The van der Waals surface area contributed by atoms with Crippen LogP contribution in [0.15, 0.2) is 0 Å². The van der Waals surface area contributed by atoms with Crippen molar-refractivity contribution in [1.29, 1.82) is 0 Å². The Kier molecular flexibility index (Phi) is 1.34. The number of hydrogen-bond acceptors (Lipinski definition) is 3. The lowest BCUT2D eigenvalue weighted by Crippen LogP contribution is -2.44. The van der Waals surface area contributed by atoms with Gasteiger partial charge in [-0.15, -0.1) is 0 Å². The molecular weight excluding hydrogens is 146 g/mol. The Morgan fingerprint density at radius 1 is 1.36 bits per heavy atom. The first-order chi connectivity index (χ1) is 5.27. The summed E-state index contributed by atoms with van der Waals surface area (Å²) in [5.74, 6) is -0.00324. The Balaban J connectivity index is 2.03. The molecule has 0 N–H and O–H groups in total. The first-order valence-corrected chi connectivity index (χ1v) is 3.72. The summed E-state index contributed by atoms with van der Waals surface area (Å²) in [6.07, 6.45) is 1.71. The zero-order valence-corrected chi connectivity index (χ0v) is 6.08. The van der Waals surface area contributed by atoms with Gasteiger partial charge in [0.1, 0.15) is 0 Å². The summed E-state index contributed by atoms with van der Waals surface area (Å²) >= 11 is 0. The second-order valence-corrected chi connectivity index (χ2v) is 2.95.